The number of aliphatic hydroxyl groups is 1. The minimum atomic E-state index is -1.17. The van der Waals surface area contributed by atoms with E-state index in [0.717, 1.165) is 16.9 Å². The molecule has 0 bridgehead atoms. The van der Waals surface area contributed by atoms with Gasteiger partial charge < -0.3 is 21.1 Å². The van der Waals surface area contributed by atoms with Crippen LogP contribution in [0.2, 0.25) is 4.34 Å². The third kappa shape index (κ3) is 3.35. The molecule has 1 aliphatic heterocycles. The molecular weight excluding hydrogens is 398 g/mol. The molecule has 142 valence electrons. The lowest BCUT2D eigenvalue weighted by molar-refractivity contribution is 0.0140. The number of rotatable bonds is 4. The quantitative estimate of drug-likeness (QED) is 0.565. The zero-order valence-electron chi connectivity index (χ0n) is 14.6. The van der Waals surface area contributed by atoms with Crippen molar-refractivity contribution in [1.29, 1.82) is 0 Å². The highest BCUT2D eigenvalue weighted by Gasteiger charge is 2.37. The van der Waals surface area contributed by atoms with E-state index in [2.05, 4.69) is 5.32 Å². The van der Waals surface area contributed by atoms with E-state index in [0.29, 0.717) is 31.7 Å². The second-order valence-electron chi connectivity index (χ2n) is 6.38. The highest BCUT2D eigenvalue weighted by atomic mass is 35.5. The lowest BCUT2D eigenvalue weighted by Crippen LogP contribution is -2.27. The number of carbonyl (C=O) groups excluding carboxylic acids is 2. The summed E-state index contributed by atoms with van der Waals surface area (Å²) in [6.45, 7) is 0.202. The minimum Gasteiger partial charge on any atom is -0.399 e. The summed E-state index contributed by atoms with van der Waals surface area (Å²) in [5.41, 5.74) is 8.32. The molecule has 2 heterocycles. The first-order chi connectivity index (χ1) is 13.4. The largest absolute Gasteiger partial charge is 0.399 e. The Labute approximate surface area is 170 Å². The van der Waals surface area contributed by atoms with Crippen molar-refractivity contribution in [1.82, 2.24) is 4.90 Å². The van der Waals surface area contributed by atoms with Gasteiger partial charge in [0.15, 0.2) is 6.23 Å². The number of benzene rings is 2. The maximum Gasteiger partial charge on any atom is 0.265 e. The van der Waals surface area contributed by atoms with Crippen molar-refractivity contribution in [2.75, 3.05) is 11.1 Å². The Balaban J connectivity index is 1.62. The lowest BCUT2D eigenvalue weighted by Gasteiger charge is -2.22. The average molecular weight is 414 g/mol. The molecule has 0 aliphatic carbocycles. The molecule has 0 fully saturated rings. The summed E-state index contributed by atoms with van der Waals surface area (Å²) < 4.78 is 0.506. The molecule has 4 N–H and O–H groups in total. The molecule has 0 saturated carbocycles. The number of fused-ring (bicyclic) bond motifs is 1. The van der Waals surface area contributed by atoms with Crippen molar-refractivity contribution in [3.63, 3.8) is 0 Å². The van der Waals surface area contributed by atoms with Crippen LogP contribution in [0.1, 0.15) is 37.4 Å². The van der Waals surface area contributed by atoms with Gasteiger partial charge in [-0.25, -0.2) is 0 Å². The fourth-order valence-corrected chi connectivity index (χ4v) is 4.17. The molecule has 1 atom stereocenters. The summed E-state index contributed by atoms with van der Waals surface area (Å²) in [5, 5.41) is 13.6. The Kier molecular flexibility index (Phi) is 4.80. The van der Waals surface area contributed by atoms with Gasteiger partial charge in [0.2, 0.25) is 0 Å². The van der Waals surface area contributed by atoms with Crippen LogP contribution in [0.15, 0.2) is 54.6 Å². The summed E-state index contributed by atoms with van der Waals surface area (Å²) in [5.74, 6) is -0.653. The molecule has 3 aromatic rings. The summed E-state index contributed by atoms with van der Waals surface area (Å²) in [6.07, 6.45) is -1.17. The Morgan fingerprint density at radius 2 is 2.00 bits per heavy atom. The number of nitrogens with zero attached hydrogens (tertiary/aromatic N) is 1. The normalized spacial score (nSPS) is 15.6. The first-order valence-electron chi connectivity index (χ1n) is 8.47. The summed E-state index contributed by atoms with van der Waals surface area (Å²) in [4.78, 5) is 27.1. The van der Waals surface area contributed by atoms with Crippen LogP contribution in [0.3, 0.4) is 0 Å². The van der Waals surface area contributed by atoms with Gasteiger partial charge in [-0.1, -0.05) is 29.8 Å². The maximum atomic E-state index is 12.8. The number of thiophene rings is 1. The number of anilines is 2. The van der Waals surface area contributed by atoms with Gasteiger partial charge in [0.1, 0.15) is 0 Å². The molecule has 2 aromatic carbocycles. The fraction of sp³-hybridized carbons (Fsp3) is 0.100. The maximum absolute atomic E-state index is 12.8. The minimum absolute atomic E-state index is 0.202. The van der Waals surface area contributed by atoms with Gasteiger partial charge in [0.25, 0.3) is 11.8 Å². The predicted octanol–water partition coefficient (Wildman–Crippen LogP) is 3.88. The van der Waals surface area contributed by atoms with Crippen LogP contribution in [-0.4, -0.2) is 21.8 Å². The molecule has 0 spiro atoms. The Bertz CT molecular complexity index is 1080. The number of nitrogen functional groups attached to an aromatic ring is 1. The monoisotopic (exact) mass is 413 g/mol. The fourth-order valence-electron chi connectivity index (χ4n) is 3.23. The first-order valence-corrected chi connectivity index (χ1v) is 9.66. The third-order valence-electron chi connectivity index (χ3n) is 4.50. The van der Waals surface area contributed by atoms with Gasteiger partial charge in [0, 0.05) is 29.0 Å². The van der Waals surface area contributed by atoms with Crippen molar-refractivity contribution in [3.05, 3.63) is 80.5 Å². The summed E-state index contributed by atoms with van der Waals surface area (Å²) >= 11 is 7.04. The predicted molar refractivity (Wildman–Crippen MR) is 109 cm³/mol. The summed E-state index contributed by atoms with van der Waals surface area (Å²) in [7, 11) is 0. The van der Waals surface area contributed by atoms with Gasteiger partial charge in [-0.05, 0) is 42.0 Å². The van der Waals surface area contributed by atoms with E-state index in [4.69, 9.17) is 17.3 Å². The molecule has 6 nitrogen and oxygen atoms in total. The zero-order valence-corrected chi connectivity index (χ0v) is 16.1. The number of nitrogens with two attached hydrogens (primary N) is 1. The van der Waals surface area contributed by atoms with Crippen LogP contribution in [-0.2, 0) is 6.54 Å². The number of aliphatic hydroxyl groups excluding tert-OH is 1. The number of hydrogen-bond acceptors (Lipinski definition) is 5. The molecule has 0 saturated heterocycles. The van der Waals surface area contributed by atoms with Crippen molar-refractivity contribution < 1.29 is 14.7 Å². The van der Waals surface area contributed by atoms with Gasteiger partial charge in [-0.15, -0.1) is 11.3 Å². The van der Waals surface area contributed by atoms with Crippen LogP contribution < -0.4 is 11.1 Å². The standard InChI is InChI=1S/C20H16ClN3O3S/c21-16-8-7-15(28-16)18(25)23-14-6-2-5-13-17(14)20(27)24(19(13)26)10-11-3-1-4-12(22)9-11/h1-9,20,27H,10,22H2,(H,23,25). The first kappa shape index (κ1) is 18.5. The van der Waals surface area contributed by atoms with E-state index < -0.39 is 6.23 Å². The number of amides is 2. The van der Waals surface area contributed by atoms with Crippen LogP contribution in [0, 0.1) is 0 Å². The zero-order chi connectivity index (χ0) is 19.8. The average Bonchev–Trinajstić information content (AvgIpc) is 3.20. The molecule has 28 heavy (non-hydrogen) atoms. The SMILES string of the molecule is Nc1cccc(CN2C(=O)c3cccc(NC(=O)c4ccc(Cl)s4)c3C2O)c1. The van der Waals surface area contributed by atoms with E-state index in [1.54, 1.807) is 48.5 Å². The van der Waals surface area contributed by atoms with Crippen molar-refractivity contribution in [3.8, 4) is 0 Å². The Morgan fingerprint density at radius 3 is 2.71 bits per heavy atom. The van der Waals surface area contributed by atoms with Gasteiger partial charge in [0.05, 0.1) is 9.21 Å². The van der Waals surface area contributed by atoms with Crippen molar-refractivity contribution in [2.45, 2.75) is 12.8 Å². The van der Waals surface area contributed by atoms with E-state index in [9.17, 15) is 14.7 Å². The van der Waals surface area contributed by atoms with Crippen molar-refractivity contribution >= 4 is 46.1 Å². The molecule has 1 unspecified atom stereocenters. The second kappa shape index (κ2) is 7.27. The van der Waals surface area contributed by atoms with Crippen LogP contribution in [0.5, 0.6) is 0 Å². The molecule has 8 heteroatoms. The molecule has 4 rings (SSSR count). The van der Waals surface area contributed by atoms with E-state index in [1.165, 1.54) is 4.90 Å². The molecular formula is C20H16ClN3O3S. The van der Waals surface area contributed by atoms with Crippen LogP contribution in [0.4, 0.5) is 11.4 Å². The smallest absolute Gasteiger partial charge is 0.265 e. The lowest BCUT2D eigenvalue weighted by atomic mass is 10.1. The van der Waals surface area contributed by atoms with E-state index >= 15 is 0 Å². The van der Waals surface area contributed by atoms with Crippen LogP contribution in [0.25, 0.3) is 0 Å². The second-order valence-corrected chi connectivity index (χ2v) is 8.09. The molecule has 1 aliphatic rings. The van der Waals surface area contributed by atoms with Gasteiger partial charge >= 0.3 is 0 Å². The molecule has 2 amide bonds. The molecule has 1 aromatic heterocycles. The Morgan fingerprint density at radius 1 is 1.21 bits per heavy atom. The highest BCUT2D eigenvalue weighted by Crippen LogP contribution is 2.38. The number of hydrogen-bond donors (Lipinski definition) is 3. The number of carbonyl (C=O) groups is 2. The Hall–Kier alpha value is -2.87. The van der Waals surface area contributed by atoms with Crippen LogP contribution >= 0.6 is 22.9 Å². The molecule has 0 radical (unpaired) electrons. The number of halogens is 1. The van der Waals surface area contributed by atoms with E-state index in [1.807, 2.05) is 6.07 Å². The van der Waals surface area contributed by atoms with E-state index in [-0.39, 0.29) is 18.4 Å². The van der Waals surface area contributed by atoms with Gasteiger partial charge in [-0.2, -0.15) is 0 Å². The van der Waals surface area contributed by atoms with Crippen molar-refractivity contribution in [2.24, 2.45) is 0 Å². The topological polar surface area (TPSA) is 95.7 Å². The highest BCUT2D eigenvalue weighted by molar-refractivity contribution is 7.18. The third-order valence-corrected chi connectivity index (χ3v) is 5.73. The number of nitrogens with one attached hydrogen (secondary N) is 1. The summed E-state index contributed by atoms with van der Waals surface area (Å²) in [6, 6.07) is 15.4. The van der Waals surface area contributed by atoms with Gasteiger partial charge in [-0.3, -0.25) is 9.59 Å².